The van der Waals surface area contributed by atoms with Crippen LogP contribution in [0.1, 0.15) is 5.56 Å². The van der Waals surface area contributed by atoms with E-state index in [0.29, 0.717) is 5.56 Å². The first kappa shape index (κ1) is 14.5. The zero-order chi connectivity index (χ0) is 10.7. The van der Waals surface area contributed by atoms with Crippen molar-refractivity contribution in [3.05, 3.63) is 23.8 Å². The van der Waals surface area contributed by atoms with E-state index in [-0.39, 0.29) is 55.7 Å². The number of hydrogen-bond acceptors (Lipinski definition) is 4. The number of phenolic OH excluding ortho intramolecular Hbond substituents is 2. The van der Waals surface area contributed by atoms with E-state index in [0.717, 1.165) is 0 Å². The van der Waals surface area contributed by atoms with Crippen LogP contribution in [-0.4, -0.2) is 65.1 Å². The fourth-order valence-corrected chi connectivity index (χ4v) is 1.04. The van der Waals surface area contributed by atoms with Crippen molar-refractivity contribution < 1.29 is 20.1 Å². The first-order valence-electron chi connectivity index (χ1n) is 4.00. The van der Waals surface area contributed by atoms with Crippen LogP contribution in [-0.2, 0) is 11.2 Å². The third-order valence-electron chi connectivity index (χ3n) is 1.81. The number of nitrogens with two attached hydrogens (primary N) is 1. The molecule has 0 bridgehead atoms. The van der Waals surface area contributed by atoms with Gasteiger partial charge in [-0.3, -0.25) is 4.79 Å². The number of aromatic hydroxyl groups is 2. The number of carbonyl (C=O) groups is 1. The Hall–Kier alpha value is -0.490. The van der Waals surface area contributed by atoms with Crippen molar-refractivity contribution in [2.75, 3.05) is 0 Å². The molecule has 0 radical (unpaired) electrons. The molecule has 0 amide bonds. The number of phenols is 2. The molecule has 0 aliphatic heterocycles. The van der Waals surface area contributed by atoms with E-state index in [1.807, 2.05) is 0 Å². The first-order chi connectivity index (χ1) is 6.50. The Morgan fingerprint density at radius 2 is 1.93 bits per heavy atom. The summed E-state index contributed by atoms with van der Waals surface area (Å²) in [4.78, 5) is 10.4. The van der Waals surface area contributed by atoms with Crippen LogP contribution in [0.25, 0.3) is 0 Å². The fourth-order valence-electron chi connectivity index (χ4n) is 1.04. The molecule has 15 heavy (non-hydrogen) atoms. The Labute approximate surface area is 117 Å². The summed E-state index contributed by atoms with van der Waals surface area (Å²) in [6, 6.07) is 3.09. The van der Waals surface area contributed by atoms with Crippen molar-refractivity contribution in [2.45, 2.75) is 12.5 Å². The van der Waals surface area contributed by atoms with Crippen LogP contribution in [0.5, 0.6) is 11.5 Å². The van der Waals surface area contributed by atoms with Crippen molar-refractivity contribution in [3.8, 4) is 11.5 Å². The van der Waals surface area contributed by atoms with E-state index in [1.165, 1.54) is 18.2 Å². The summed E-state index contributed by atoms with van der Waals surface area (Å²) in [6.07, 6.45) is 0.114. The first-order valence-corrected chi connectivity index (χ1v) is 4.00. The van der Waals surface area contributed by atoms with Gasteiger partial charge in [-0.1, -0.05) is 6.07 Å². The number of benzene rings is 1. The molecule has 6 heteroatoms. The van der Waals surface area contributed by atoms with Gasteiger partial charge in [0, 0.05) is 0 Å². The number of carboxylic acid groups (broad SMARTS) is 1. The van der Waals surface area contributed by atoms with Gasteiger partial charge >= 0.3 is 43.7 Å². The molecular formula is C9H13CaNO4. The molecule has 0 saturated carbocycles. The van der Waals surface area contributed by atoms with Gasteiger partial charge in [-0.25, -0.2) is 0 Å². The minimum absolute atomic E-state index is 0. The Bertz CT molecular complexity index is 356. The monoisotopic (exact) mass is 239 g/mol. The summed E-state index contributed by atoms with van der Waals surface area (Å²) in [6.45, 7) is 0. The third-order valence-corrected chi connectivity index (χ3v) is 1.81. The van der Waals surface area contributed by atoms with Crippen molar-refractivity contribution in [2.24, 2.45) is 5.73 Å². The Balaban J connectivity index is 0.00000196. The van der Waals surface area contributed by atoms with Gasteiger partial charge in [-0.2, -0.15) is 0 Å². The molecule has 5 N–H and O–H groups in total. The molecule has 5 nitrogen and oxygen atoms in total. The SMILES string of the molecule is NC(Cc1ccc(O)c(O)c1)C(=O)O.[CaH2]. The average Bonchev–Trinajstić information content (AvgIpc) is 2.11. The number of rotatable bonds is 3. The van der Waals surface area contributed by atoms with Crippen LogP contribution in [0, 0.1) is 0 Å². The van der Waals surface area contributed by atoms with E-state index in [2.05, 4.69) is 0 Å². The van der Waals surface area contributed by atoms with Gasteiger partial charge in [0.25, 0.3) is 0 Å². The number of aliphatic carboxylic acids is 1. The predicted molar refractivity (Wildman–Crippen MR) is 57.6 cm³/mol. The van der Waals surface area contributed by atoms with E-state index in [1.54, 1.807) is 0 Å². The molecule has 1 aromatic rings. The molecule has 80 valence electrons. The average molecular weight is 239 g/mol. The van der Waals surface area contributed by atoms with Crippen LogP contribution in [0.3, 0.4) is 0 Å². The molecule has 1 unspecified atom stereocenters. The van der Waals surface area contributed by atoms with E-state index in [9.17, 15) is 4.79 Å². The second-order valence-electron chi connectivity index (χ2n) is 2.97. The van der Waals surface area contributed by atoms with Crippen molar-refractivity contribution in [1.29, 1.82) is 0 Å². The normalized spacial score (nSPS) is 11.5. The topological polar surface area (TPSA) is 104 Å². The van der Waals surface area contributed by atoms with Crippen molar-refractivity contribution >= 4 is 43.7 Å². The van der Waals surface area contributed by atoms with Gasteiger partial charge in [0.1, 0.15) is 6.04 Å². The fraction of sp³-hybridized carbons (Fsp3) is 0.222. The standard InChI is InChI=1S/C9H11NO4.Ca.2H/c10-6(9(13)14)3-5-1-2-7(11)8(12)4-5;;;/h1-2,4,6,11-12H,3,10H2,(H,13,14);;;. The Morgan fingerprint density at radius 3 is 2.40 bits per heavy atom. The minimum atomic E-state index is -1.10. The molecule has 0 aromatic heterocycles. The molecule has 0 fully saturated rings. The second-order valence-corrected chi connectivity index (χ2v) is 2.97. The summed E-state index contributed by atoms with van der Waals surface area (Å²) in [5.41, 5.74) is 5.86. The summed E-state index contributed by atoms with van der Waals surface area (Å²) in [7, 11) is 0. The van der Waals surface area contributed by atoms with E-state index >= 15 is 0 Å². The Kier molecular flexibility index (Phi) is 5.97. The van der Waals surface area contributed by atoms with Crippen LogP contribution >= 0.6 is 0 Å². The van der Waals surface area contributed by atoms with Gasteiger partial charge in [-0.15, -0.1) is 0 Å². The second kappa shape index (κ2) is 6.17. The quantitative estimate of drug-likeness (QED) is 0.406. The maximum absolute atomic E-state index is 10.4. The van der Waals surface area contributed by atoms with Crippen LogP contribution < -0.4 is 5.73 Å². The van der Waals surface area contributed by atoms with Crippen LogP contribution in [0.4, 0.5) is 0 Å². The van der Waals surface area contributed by atoms with Gasteiger partial charge < -0.3 is 21.1 Å². The van der Waals surface area contributed by atoms with Gasteiger partial charge in [0.15, 0.2) is 11.5 Å². The van der Waals surface area contributed by atoms with E-state index < -0.39 is 12.0 Å². The third kappa shape index (κ3) is 4.25. The zero-order valence-electron chi connectivity index (χ0n) is 7.34. The molecule has 0 aliphatic rings. The van der Waals surface area contributed by atoms with Gasteiger partial charge in [0.05, 0.1) is 0 Å². The molecule has 0 heterocycles. The summed E-state index contributed by atoms with van der Waals surface area (Å²) >= 11 is 0. The van der Waals surface area contributed by atoms with Crippen molar-refractivity contribution in [1.82, 2.24) is 0 Å². The summed E-state index contributed by atoms with van der Waals surface area (Å²) in [5.74, 6) is -1.62. The maximum atomic E-state index is 10.4. The van der Waals surface area contributed by atoms with Crippen molar-refractivity contribution in [3.63, 3.8) is 0 Å². The Morgan fingerprint density at radius 1 is 1.33 bits per heavy atom. The van der Waals surface area contributed by atoms with Gasteiger partial charge in [0.2, 0.25) is 0 Å². The van der Waals surface area contributed by atoms with Crippen LogP contribution in [0.15, 0.2) is 18.2 Å². The zero-order valence-corrected chi connectivity index (χ0v) is 7.34. The summed E-state index contributed by atoms with van der Waals surface area (Å²) < 4.78 is 0. The molecule has 0 aliphatic carbocycles. The molecule has 0 saturated heterocycles. The molecule has 1 aromatic carbocycles. The molecule has 1 rings (SSSR count). The van der Waals surface area contributed by atoms with E-state index in [4.69, 9.17) is 21.1 Å². The van der Waals surface area contributed by atoms with Gasteiger partial charge in [-0.05, 0) is 24.1 Å². The molecule has 1 atom stereocenters. The van der Waals surface area contributed by atoms with Crippen LogP contribution in [0.2, 0.25) is 0 Å². The number of carboxylic acids is 1. The predicted octanol–water partition coefficient (Wildman–Crippen LogP) is -0.864. The molecule has 0 spiro atoms. The summed E-state index contributed by atoms with van der Waals surface area (Å²) in [5, 5.41) is 26.6. The molecular weight excluding hydrogens is 226 g/mol. The number of hydrogen-bond donors (Lipinski definition) is 4.